The lowest BCUT2D eigenvalue weighted by atomic mass is 10.1. The van der Waals surface area contributed by atoms with Gasteiger partial charge in [-0.25, -0.2) is 4.98 Å². The molecule has 3 heterocycles. The number of hydrogen-bond acceptors (Lipinski definition) is 6. The molecule has 0 spiro atoms. The fourth-order valence-corrected chi connectivity index (χ4v) is 2.27. The molecule has 0 aliphatic carbocycles. The minimum Gasteiger partial charge on any atom is -0.460 e. The van der Waals surface area contributed by atoms with Crippen LogP contribution in [-0.4, -0.2) is 55.6 Å². The van der Waals surface area contributed by atoms with Gasteiger partial charge in [0, 0.05) is 25.5 Å². The lowest BCUT2D eigenvalue weighted by Crippen LogP contribution is -2.36. The zero-order chi connectivity index (χ0) is 13.9. The molecule has 0 bridgehead atoms. The van der Waals surface area contributed by atoms with Crippen molar-refractivity contribution in [1.29, 1.82) is 0 Å². The van der Waals surface area contributed by atoms with Crippen molar-refractivity contribution in [3.63, 3.8) is 0 Å². The van der Waals surface area contributed by atoms with Gasteiger partial charge >= 0.3 is 6.01 Å². The van der Waals surface area contributed by atoms with Gasteiger partial charge in [0.25, 0.3) is 0 Å². The maximum Gasteiger partial charge on any atom is 0.322 e. The first-order valence-electron chi connectivity index (χ1n) is 6.46. The first-order valence-corrected chi connectivity index (χ1v) is 6.83. The normalized spacial score (nSPS) is 17.3. The van der Waals surface area contributed by atoms with E-state index in [4.69, 9.17) is 16.3 Å². The topological polar surface area (TPSA) is 69.0 Å². The van der Waals surface area contributed by atoms with E-state index in [2.05, 4.69) is 31.9 Å². The van der Waals surface area contributed by atoms with Crippen molar-refractivity contribution in [2.45, 2.75) is 18.9 Å². The van der Waals surface area contributed by atoms with Crippen molar-refractivity contribution >= 4 is 11.6 Å². The second kappa shape index (κ2) is 5.72. The summed E-state index contributed by atoms with van der Waals surface area (Å²) in [5.41, 5.74) is 0. The molecular formula is C12H15ClN6O. The Morgan fingerprint density at radius 2 is 2.05 bits per heavy atom. The molecule has 1 aliphatic heterocycles. The van der Waals surface area contributed by atoms with Gasteiger partial charge in [-0.1, -0.05) is 0 Å². The van der Waals surface area contributed by atoms with E-state index in [0.29, 0.717) is 5.95 Å². The van der Waals surface area contributed by atoms with Crippen LogP contribution >= 0.6 is 11.6 Å². The Morgan fingerprint density at radius 1 is 1.25 bits per heavy atom. The van der Waals surface area contributed by atoms with Crippen LogP contribution in [-0.2, 0) is 0 Å². The predicted molar refractivity (Wildman–Crippen MR) is 73.1 cm³/mol. The molecule has 106 valence electrons. The summed E-state index contributed by atoms with van der Waals surface area (Å²) < 4.78 is 7.48. The second-order valence-electron chi connectivity index (χ2n) is 4.78. The first-order chi connectivity index (χ1) is 9.70. The van der Waals surface area contributed by atoms with E-state index in [9.17, 15) is 0 Å². The van der Waals surface area contributed by atoms with Gasteiger partial charge in [0.2, 0.25) is 11.2 Å². The molecular weight excluding hydrogens is 280 g/mol. The third-order valence-corrected chi connectivity index (χ3v) is 3.42. The van der Waals surface area contributed by atoms with Crippen molar-refractivity contribution in [3.8, 4) is 12.0 Å². The van der Waals surface area contributed by atoms with Gasteiger partial charge in [-0.3, -0.25) is 4.57 Å². The fraction of sp³-hybridized carbons (Fsp3) is 0.500. The summed E-state index contributed by atoms with van der Waals surface area (Å²) in [6, 6.07) is 0.267. The fourth-order valence-electron chi connectivity index (χ4n) is 2.12. The molecule has 0 amide bonds. The highest BCUT2D eigenvalue weighted by Gasteiger charge is 2.20. The van der Waals surface area contributed by atoms with Gasteiger partial charge < -0.3 is 9.64 Å². The Kier molecular flexibility index (Phi) is 3.79. The molecule has 0 atom stereocenters. The van der Waals surface area contributed by atoms with E-state index in [0.717, 1.165) is 25.9 Å². The van der Waals surface area contributed by atoms with Gasteiger partial charge in [0.1, 0.15) is 12.4 Å². The quantitative estimate of drug-likeness (QED) is 0.847. The van der Waals surface area contributed by atoms with Crippen LogP contribution in [0.25, 0.3) is 5.95 Å². The zero-order valence-electron chi connectivity index (χ0n) is 11.1. The summed E-state index contributed by atoms with van der Waals surface area (Å²) in [6.07, 6.45) is 7.03. The number of ether oxygens (including phenoxy) is 1. The van der Waals surface area contributed by atoms with E-state index in [1.54, 1.807) is 23.3 Å². The molecule has 1 fully saturated rings. The van der Waals surface area contributed by atoms with Gasteiger partial charge in [0.15, 0.2) is 0 Å². The number of halogens is 1. The van der Waals surface area contributed by atoms with Gasteiger partial charge in [-0.15, -0.1) is 0 Å². The van der Waals surface area contributed by atoms with Crippen LogP contribution in [0.2, 0.25) is 5.28 Å². The summed E-state index contributed by atoms with van der Waals surface area (Å²) in [7, 11) is 2.10. The van der Waals surface area contributed by atoms with Crippen molar-refractivity contribution in [2.75, 3.05) is 20.1 Å². The molecule has 20 heavy (non-hydrogen) atoms. The molecule has 1 aliphatic rings. The molecule has 2 aromatic heterocycles. The molecule has 0 unspecified atom stereocenters. The lowest BCUT2D eigenvalue weighted by molar-refractivity contribution is 0.105. The van der Waals surface area contributed by atoms with E-state index in [1.165, 1.54) is 0 Å². The predicted octanol–water partition coefficient (Wildman–Crippen LogP) is 1.18. The van der Waals surface area contributed by atoms with Crippen LogP contribution in [0, 0.1) is 0 Å². The first kappa shape index (κ1) is 13.3. The van der Waals surface area contributed by atoms with E-state index < -0.39 is 0 Å². The minimum atomic E-state index is 0.117. The highest BCUT2D eigenvalue weighted by Crippen LogP contribution is 2.17. The van der Waals surface area contributed by atoms with E-state index in [-0.39, 0.29) is 17.4 Å². The van der Waals surface area contributed by atoms with Crippen LogP contribution in [0.15, 0.2) is 18.7 Å². The summed E-state index contributed by atoms with van der Waals surface area (Å²) in [6.45, 7) is 2.02. The molecule has 7 nitrogen and oxygen atoms in total. The lowest BCUT2D eigenvalue weighted by Gasteiger charge is -2.28. The SMILES string of the molecule is CN1CCC(Oc2nc(Cl)nc(-n3ccnc3)n2)CC1. The monoisotopic (exact) mass is 294 g/mol. The van der Waals surface area contributed by atoms with Gasteiger partial charge in [-0.05, 0) is 31.5 Å². The highest BCUT2D eigenvalue weighted by atomic mass is 35.5. The summed E-state index contributed by atoms with van der Waals surface area (Å²) in [4.78, 5) is 18.6. The molecule has 0 aromatic carbocycles. The molecule has 0 saturated carbocycles. The van der Waals surface area contributed by atoms with E-state index in [1.807, 2.05) is 0 Å². The molecule has 3 rings (SSSR count). The zero-order valence-corrected chi connectivity index (χ0v) is 11.9. The van der Waals surface area contributed by atoms with Crippen molar-refractivity contribution in [3.05, 3.63) is 24.0 Å². The average molecular weight is 295 g/mol. The summed E-state index contributed by atoms with van der Waals surface area (Å²) in [5, 5.41) is 0.117. The van der Waals surface area contributed by atoms with Crippen LogP contribution < -0.4 is 4.74 Å². The molecule has 0 radical (unpaired) electrons. The Morgan fingerprint density at radius 3 is 2.75 bits per heavy atom. The van der Waals surface area contributed by atoms with E-state index >= 15 is 0 Å². The number of hydrogen-bond donors (Lipinski definition) is 0. The van der Waals surface area contributed by atoms with Crippen LogP contribution in [0.1, 0.15) is 12.8 Å². The Balaban J connectivity index is 1.76. The largest absolute Gasteiger partial charge is 0.460 e. The van der Waals surface area contributed by atoms with Crippen molar-refractivity contribution in [1.82, 2.24) is 29.4 Å². The van der Waals surface area contributed by atoms with Crippen molar-refractivity contribution < 1.29 is 4.74 Å². The second-order valence-corrected chi connectivity index (χ2v) is 5.12. The van der Waals surface area contributed by atoms with Gasteiger partial charge in [0.05, 0.1) is 0 Å². The third-order valence-electron chi connectivity index (χ3n) is 3.25. The molecule has 2 aromatic rings. The van der Waals surface area contributed by atoms with Crippen molar-refractivity contribution in [2.24, 2.45) is 0 Å². The minimum absolute atomic E-state index is 0.117. The molecule has 0 N–H and O–H groups in total. The standard InChI is InChI=1S/C12H15ClN6O/c1-18-5-2-9(3-6-18)20-12-16-10(13)15-11(17-12)19-7-4-14-8-19/h4,7-9H,2-3,5-6H2,1H3. The van der Waals surface area contributed by atoms with Crippen LogP contribution in [0.4, 0.5) is 0 Å². The van der Waals surface area contributed by atoms with Gasteiger partial charge in [-0.2, -0.15) is 15.0 Å². The molecule has 8 heteroatoms. The van der Waals surface area contributed by atoms with Crippen LogP contribution in [0.3, 0.4) is 0 Å². The smallest absolute Gasteiger partial charge is 0.322 e. The highest BCUT2D eigenvalue weighted by molar-refractivity contribution is 6.28. The number of aromatic nitrogens is 5. The average Bonchev–Trinajstić information content (AvgIpc) is 2.95. The summed E-state index contributed by atoms with van der Waals surface area (Å²) >= 11 is 5.92. The number of rotatable bonds is 3. The molecule has 1 saturated heterocycles. The van der Waals surface area contributed by atoms with Crippen LogP contribution in [0.5, 0.6) is 6.01 Å². The Labute approximate surface area is 121 Å². The number of imidazole rings is 1. The maximum atomic E-state index is 5.92. The number of nitrogens with zero attached hydrogens (tertiary/aromatic N) is 6. The summed E-state index contributed by atoms with van der Waals surface area (Å²) in [5.74, 6) is 0.408. The maximum absolute atomic E-state index is 5.92. The third kappa shape index (κ3) is 3.05. The Bertz CT molecular complexity index is 567. The number of likely N-dealkylation sites (tertiary alicyclic amines) is 1. The number of piperidine rings is 1. The Hall–Kier alpha value is -1.73.